The smallest absolute Gasteiger partial charge is 0.0481 e. The molecular weight excluding hydrogens is 212 g/mol. The van der Waals surface area contributed by atoms with Crippen LogP contribution in [0.3, 0.4) is 0 Å². The molecule has 4 heteroatoms. The van der Waals surface area contributed by atoms with E-state index in [1.54, 1.807) is 0 Å². The van der Waals surface area contributed by atoms with Gasteiger partial charge in [-0.15, -0.1) is 0 Å². The van der Waals surface area contributed by atoms with E-state index in [4.69, 9.17) is 5.73 Å². The molecule has 3 saturated heterocycles. The molecule has 1 aromatic heterocycles. The van der Waals surface area contributed by atoms with Gasteiger partial charge in [0, 0.05) is 57.2 Å². The van der Waals surface area contributed by atoms with Crippen LogP contribution in [0, 0.1) is 6.92 Å². The molecule has 2 unspecified atom stereocenters. The first-order valence-electron chi connectivity index (χ1n) is 6.37. The van der Waals surface area contributed by atoms with Crippen LogP contribution < -0.4 is 5.73 Å². The number of nitrogens with zero attached hydrogens (tertiary/aromatic N) is 3. The largest absolute Gasteiger partial charge is 0.323 e. The molecule has 3 fully saturated rings. The minimum absolute atomic E-state index is 0.0884. The summed E-state index contributed by atoms with van der Waals surface area (Å²) >= 11 is 0. The highest BCUT2D eigenvalue weighted by Gasteiger charge is 2.35. The summed E-state index contributed by atoms with van der Waals surface area (Å²) in [4.78, 5) is 9.31. The van der Waals surface area contributed by atoms with Crippen molar-refractivity contribution >= 4 is 0 Å². The molecule has 0 amide bonds. The van der Waals surface area contributed by atoms with Crippen molar-refractivity contribution in [2.45, 2.75) is 19.0 Å². The third-order valence-corrected chi connectivity index (χ3v) is 4.02. The Morgan fingerprint density at radius 3 is 2.65 bits per heavy atom. The molecule has 0 spiro atoms. The monoisotopic (exact) mass is 232 g/mol. The maximum absolute atomic E-state index is 6.42. The number of hydrogen-bond donors (Lipinski definition) is 1. The summed E-state index contributed by atoms with van der Waals surface area (Å²) in [6, 6.07) is 2.71. The second-order valence-corrected chi connectivity index (χ2v) is 5.23. The Morgan fingerprint density at radius 1 is 1.29 bits per heavy atom. The summed E-state index contributed by atoms with van der Waals surface area (Å²) in [5.74, 6) is 0. The average Bonchev–Trinajstić information content (AvgIpc) is 2.39. The average molecular weight is 232 g/mol. The second kappa shape index (κ2) is 4.37. The van der Waals surface area contributed by atoms with Gasteiger partial charge in [0.05, 0.1) is 0 Å². The van der Waals surface area contributed by atoms with Gasteiger partial charge in [-0.2, -0.15) is 0 Å². The molecule has 4 rings (SSSR count). The highest BCUT2D eigenvalue weighted by Crippen LogP contribution is 2.25. The minimum Gasteiger partial charge on any atom is -0.323 e. The fourth-order valence-electron chi connectivity index (χ4n) is 2.98. The summed E-state index contributed by atoms with van der Waals surface area (Å²) in [6.45, 7) is 7.91. The van der Waals surface area contributed by atoms with Crippen molar-refractivity contribution in [3.8, 4) is 0 Å². The molecule has 1 aromatic rings. The van der Waals surface area contributed by atoms with Gasteiger partial charge in [0.1, 0.15) is 0 Å². The number of hydrogen-bond acceptors (Lipinski definition) is 4. The number of piperazine rings is 3. The Morgan fingerprint density at radius 2 is 2.06 bits per heavy atom. The molecule has 0 aromatic carbocycles. The summed E-state index contributed by atoms with van der Waals surface area (Å²) in [6.07, 6.45) is 3.80. The molecule has 92 valence electrons. The van der Waals surface area contributed by atoms with Gasteiger partial charge in [-0.1, -0.05) is 6.07 Å². The van der Waals surface area contributed by atoms with E-state index < -0.39 is 0 Å². The van der Waals surface area contributed by atoms with Crippen molar-refractivity contribution in [3.63, 3.8) is 0 Å². The zero-order valence-electron chi connectivity index (χ0n) is 10.3. The minimum atomic E-state index is 0.0884. The normalized spacial score (nSPS) is 33.6. The summed E-state index contributed by atoms with van der Waals surface area (Å²) < 4.78 is 0. The Labute approximate surface area is 102 Å². The molecule has 4 heterocycles. The van der Waals surface area contributed by atoms with Crippen LogP contribution in [-0.2, 0) is 0 Å². The fourth-order valence-corrected chi connectivity index (χ4v) is 2.98. The summed E-state index contributed by atoms with van der Waals surface area (Å²) in [5, 5.41) is 0. The molecular formula is C13H20N4. The van der Waals surface area contributed by atoms with Crippen LogP contribution in [0.5, 0.6) is 0 Å². The predicted molar refractivity (Wildman–Crippen MR) is 67.7 cm³/mol. The van der Waals surface area contributed by atoms with Crippen LogP contribution in [0.1, 0.15) is 17.2 Å². The van der Waals surface area contributed by atoms with Gasteiger partial charge in [0.2, 0.25) is 0 Å². The third kappa shape index (κ3) is 2.08. The SMILES string of the molecule is Cc1cncc(C(N)C2CN3CCN2CC3)c1. The maximum atomic E-state index is 6.42. The third-order valence-electron chi connectivity index (χ3n) is 4.02. The van der Waals surface area contributed by atoms with Crippen LogP contribution in [0.25, 0.3) is 0 Å². The molecule has 2 bridgehead atoms. The number of aryl methyl sites for hydroxylation is 1. The molecule has 0 aliphatic carbocycles. The molecule has 4 nitrogen and oxygen atoms in total. The quantitative estimate of drug-likeness (QED) is 0.801. The van der Waals surface area contributed by atoms with Crippen molar-refractivity contribution in [2.75, 3.05) is 32.7 Å². The lowest BCUT2D eigenvalue weighted by molar-refractivity contribution is 0.00210. The Bertz CT molecular complexity index is 398. The summed E-state index contributed by atoms with van der Waals surface area (Å²) in [5.41, 5.74) is 8.78. The molecule has 3 aliphatic rings. The van der Waals surface area contributed by atoms with E-state index in [-0.39, 0.29) is 6.04 Å². The number of fused-ring (bicyclic) bond motifs is 3. The Kier molecular flexibility index (Phi) is 2.86. The van der Waals surface area contributed by atoms with Crippen molar-refractivity contribution in [2.24, 2.45) is 5.73 Å². The van der Waals surface area contributed by atoms with E-state index in [0.717, 1.165) is 19.6 Å². The van der Waals surface area contributed by atoms with Crippen molar-refractivity contribution in [1.82, 2.24) is 14.8 Å². The molecule has 2 N–H and O–H groups in total. The van der Waals surface area contributed by atoms with Crippen molar-refractivity contribution in [1.29, 1.82) is 0 Å². The van der Waals surface area contributed by atoms with Gasteiger partial charge in [-0.3, -0.25) is 14.8 Å². The summed E-state index contributed by atoms with van der Waals surface area (Å²) in [7, 11) is 0. The molecule has 0 saturated carbocycles. The van der Waals surface area contributed by atoms with Gasteiger partial charge >= 0.3 is 0 Å². The van der Waals surface area contributed by atoms with Gasteiger partial charge < -0.3 is 5.73 Å². The van der Waals surface area contributed by atoms with E-state index in [1.165, 1.54) is 24.2 Å². The number of aromatic nitrogens is 1. The first-order valence-corrected chi connectivity index (χ1v) is 6.37. The van der Waals surface area contributed by atoms with E-state index >= 15 is 0 Å². The molecule has 0 radical (unpaired) electrons. The number of pyridine rings is 1. The Balaban J connectivity index is 1.80. The standard InChI is InChI=1S/C13H20N4/c1-10-6-11(8-15-7-10)13(14)12-9-16-2-4-17(12)5-3-16/h6-8,12-13H,2-5,9,14H2,1H3. The van der Waals surface area contributed by atoms with Gasteiger partial charge in [-0.05, 0) is 18.1 Å². The zero-order valence-corrected chi connectivity index (χ0v) is 10.3. The first-order chi connectivity index (χ1) is 8.24. The van der Waals surface area contributed by atoms with E-state index in [1.807, 2.05) is 12.4 Å². The predicted octanol–water partition coefficient (Wildman–Crippen LogP) is 0.390. The number of nitrogens with two attached hydrogens (primary N) is 1. The fraction of sp³-hybridized carbons (Fsp3) is 0.615. The lowest BCUT2D eigenvalue weighted by Crippen LogP contribution is -2.63. The highest BCUT2D eigenvalue weighted by atomic mass is 15.3. The van der Waals surface area contributed by atoms with E-state index in [0.29, 0.717) is 6.04 Å². The lowest BCUT2D eigenvalue weighted by Gasteiger charge is -2.49. The zero-order chi connectivity index (χ0) is 11.8. The topological polar surface area (TPSA) is 45.4 Å². The molecule has 2 atom stereocenters. The Hall–Kier alpha value is -0.970. The number of rotatable bonds is 2. The maximum Gasteiger partial charge on any atom is 0.0481 e. The lowest BCUT2D eigenvalue weighted by atomic mass is 9.95. The van der Waals surface area contributed by atoms with Crippen LogP contribution in [0.15, 0.2) is 18.5 Å². The van der Waals surface area contributed by atoms with Crippen LogP contribution in [-0.4, -0.2) is 53.5 Å². The van der Waals surface area contributed by atoms with Crippen LogP contribution in [0.4, 0.5) is 0 Å². The first kappa shape index (κ1) is 11.1. The van der Waals surface area contributed by atoms with E-state index in [9.17, 15) is 0 Å². The van der Waals surface area contributed by atoms with Crippen molar-refractivity contribution in [3.05, 3.63) is 29.6 Å². The van der Waals surface area contributed by atoms with Gasteiger partial charge in [-0.25, -0.2) is 0 Å². The van der Waals surface area contributed by atoms with Crippen molar-refractivity contribution < 1.29 is 0 Å². The van der Waals surface area contributed by atoms with Gasteiger partial charge in [0.15, 0.2) is 0 Å². The van der Waals surface area contributed by atoms with E-state index in [2.05, 4.69) is 27.8 Å². The highest BCUT2D eigenvalue weighted by molar-refractivity contribution is 5.22. The molecule has 17 heavy (non-hydrogen) atoms. The van der Waals surface area contributed by atoms with Crippen LogP contribution in [0.2, 0.25) is 0 Å². The van der Waals surface area contributed by atoms with Crippen LogP contribution >= 0.6 is 0 Å². The van der Waals surface area contributed by atoms with Gasteiger partial charge in [0.25, 0.3) is 0 Å². The second-order valence-electron chi connectivity index (χ2n) is 5.23. The molecule has 3 aliphatic heterocycles.